The van der Waals surface area contributed by atoms with Gasteiger partial charge in [0.1, 0.15) is 24.7 Å². The van der Waals surface area contributed by atoms with Gasteiger partial charge in [0.05, 0.1) is 66.1 Å². The minimum atomic E-state index is -5.69. The van der Waals surface area contributed by atoms with E-state index in [9.17, 15) is 0 Å². The zero-order valence-electron chi connectivity index (χ0n) is 34.0. The first-order valence-electron chi connectivity index (χ1n) is 19.0. The van der Waals surface area contributed by atoms with Crippen LogP contribution in [0.2, 0.25) is 0 Å². The summed E-state index contributed by atoms with van der Waals surface area (Å²) in [5, 5.41) is 0. The molecule has 0 fully saturated rings. The van der Waals surface area contributed by atoms with Crippen LogP contribution in [0.3, 0.4) is 0 Å². The number of methoxy groups -OCH3 is 2. The van der Waals surface area contributed by atoms with Crippen molar-refractivity contribution < 1.29 is 64.2 Å². The van der Waals surface area contributed by atoms with Gasteiger partial charge in [-0.05, 0) is 98.5 Å². The van der Waals surface area contributed by atoms with Crippen molar-refractivity contribution >= 4 is 33.8 Å². The first-order chi connectivity index (χ1) is 28.2. The Balaban J connectivity index is 1.36. The Kier molecular flexibility index (Phi) is 16.5. The number of alkyl halides is 6. The van der Waals surface area contributed by atoms with E-state index in [0.29, 0.717) is 98.4 Å². The Morgan fingerprint density at radius 2 is 0.746 bits per heavy atom. The molecule has 8 nitrogen and oxygen atoms in total. The number of halogens is 6. The smallest absolute Gasteiger partial charge is 0.380 e. The van der Waals surface area contributed by atoms with Crippen molar-refractivity contribution in [1.29, 1.82) is 0 Å². The second-order valence-electron chi connectivity index (χ2n) is 13.6. The van der Waals surface area contributed by atoms with Crippen molar-refractivity contribution in [3.63, 3.8) is 0 Å². The van der Waals surface area contributed by atoms with Crippen molar-refractivity contribution in [3.05, 3.63) is 80.5 Å². The van der Waals surface area contributed by atoms with Gasteiger partial charge in [-0.1, -0.05) is 0 Å². The van der Waals surface area contributed by atoms with E-state index >= 15 is 26.3 Å². The Morgan fingerprint density at radius 1 is 0.441 bits per heavy atom. The normalized spacial score (nSPS) is 15.7. The minimum Gasteiger partial charge on any atom is -0.491 e. The summed E-state index contributed by atoms with van der Waals surface area (Å²) in [6.07, 6.45) is 0. The van der Waals surface area contributed by atoms with E-state index in [2.05, 4.69) is 0 Å². The second kappa shape index (κ2) is 20.9. The van der Waals surface area contributed by atoms with Gasteiger partial charge in [-0.25, -0.2) is 0 Å². The minimum absolute atomic E-state index is 0.199. The van der Waals surface area contributed by atoms with Gasteiger partial charge in [-0.3, -0.25) is 0 Å². The molecule has 2 aromatic heterocycles. The van der Waals surface area contributed by atoms with Crippen LogP contribution in [0.5, 0.6) is 11.5 Å². The van der Waals surface area contributed by atoms with Gasteiger partial charge in [0.25, 0.3) is 0 Å². The summed E-state index contributed by atoms with van der Waals surface area (Å²) >= 11 is 2.16. The van der Waals surface area contributed by atoms with Crippen LogP contribution >= 0.6 is 22.7 Å². The predicted molar refractivity (Wildman–Crippen MR) is 218 cm³/mol. The summed E-state index contributed by atoms with van der Waals surface area (Å²) in [6.45, 7) is 10.7. The number of hydrogen-bond donors (Lipinski definition) is 0. The molecule has 4 aromatic rings. The summed E-state index contributed by atoms with van der Waals surface area (Å²) in [4.78, 5) is 1.40. The number of rotatable bonds is 24. The van der Waals surface area contributed by atoms with Gasteiger partial charge in [0, 0.05) is 56.0 Å². The zero-order chi connectivity index (χ0) is 42.8. The molecule has 59 heavy (non-hydrogen) atoms. The highest BCUT2D eigenvalue weighted by molar-refractivity contribution is 7.16. The summed E-state index contributed by atoms with van der Waals surface area (Å²) in [5.41, 5.74) is -1.73. The summed E-state index contributed by atoms with van der Waals surface area (Å²) in [7, 11) is 3.18. The van der Waals surface area contributed by atoms with Crippen molar-refractivity contribution in [2.45, 2.75) is 45.5 Å². The quantitative estimate of drug-likeness (QED) is 0.0509. The second-order valence-corrected chi connectivity index (χ2v) is 16.1. The molecule has 0 saturated carbocycles. The maximum Gasteiger partial charge on any atom is 0.380 e. The van der Waals surface area contributed by atoms with Crippen LogP contribution in [0.4, 0.5) is 26.3 Å². The average Bonchev–Trinajstić information content (AvgIpc) is 3.70. The summed E-state index contributed by atoms with van der Waals surface area (Å²) < 4.78 is 138. The molecule has 1 aliphatic carbocycles. The molecule has 0 bridgehead atoms. The number of thiophene rings is 2. The van der Waals surface area contributed by atoms with Crippen molar-refractivity contribution in [2.75, 3.05) is 93.5 Å². The highest BCUT2D eigenvalue weighted by Crippen LogP contribution is 2.67. The Bertz CT molecular complexity index is 1850. The van der Waals surface area contributed by atoms with E-state index in [1.807, 2.05) is 0 Å². The third-order valence-electron chi connectivity index (χ3n) is 9.65. The fraction of sp³-hybridized carbons (Fsp3) is 0.488. The molecular weight excluding hydrogens is 823 g/mol. The van der Waals surface area contributed by atoms with Gasteiger partial charge in [-0.2, -0.15) is 26.3 Å². The Morgan fingerprint density at radius 3 is 1.07 bits per heavy atom. The standard InChI is InChI=1S/C43H50F6O8S2/c1-27-35(29(3)58-39(27)31-7-11-33(12-8-31)56-25-23-54-21-19-52-17-15-50-5)37-38(42(46,47)43(48,49)41(37,44)45)36-28(2)40(59-30(36)4)32-9-13-34(14-10-32)57-26-24-55-22-20-53-18-16-51-6/h7-14H,15-26H2,1-6H3. The van der Waals surface area contributed by atoms with Crippen LogP contribution in [-0.4, -0.2) is 111 Å². The monoisotopic (exact) mass is 872 g/mol. The topological polar surface area (TPSA) is 73.8 Å². The lowest BCUT2D eigenvalue weighted by Gasteiger charge is -2.26. The molecule has 0 aliphatic heterocycles. The zero-order valence-corrected chi connectivity index (χ0v) is 35.6. The first-order valence-corrected chi connectivity index (χ1v) is 20.7. The fourth-order valence-corrected chi connectivity index (χ4v) is 9.10. The number of allylic oxidation sites excluding steroid dienone is 2. The van der Waals surface area contributed by atoms with E-state index in [1.165, 1.54) is 27.7 Å². The fourth-order valence-electron chi connectivity index (χ4n) is 6.75. The highest BCUT2D eigenvalue weighted by Gasteiger charge is 2.80. The van der Waals surface area contributed by atoms with E-state index in [1.54, 1.807) is 62.8 Å². The van der Waals surface area contributed by atoms with Crippen LogP contribution in [0, 0.1) is 27.7 Å². The molecule has 0 atom stereocenters. The number of aryl methyl sites for hydroxylation is 2. The van der Waals surface area contributed by atoms with E-state index < -0.39 is 28.9 Å². The SMILES string of the molecule is COCCOCCOCCOc1ccc(-c2sc(C)c(C3=C(c4c(C)sc(-c5ccc(OCCOCCOCCOC)cc5)c4C)C(F)(F)C(F)(F)C3(F)F)c2C)cc1. The van der Waals surface area contributed by atoms with Gasteiger partial charge in [-0.15, -0.1) is 22.7 Å². The lowest BCUT2D eigenvalue weighted by molar-refractivity contribution is -0.254. The molecule has 16 heteroatoms. The van der Waals surface area contributed by atoms with Crippen LogP contribution < -0.4 is 9.47 Å². The molecule has 1 aliphatic rings. The summed E-state index contributed by atoms with van der Waals surface area (Å²) in [5.74, 6) is -15.0. The van der Waals surface area contributed by atoms with Crippen LogP contribution in [0.1, 0.15) is 32.0 Å². The van der Waals surface area contributed by atoms with Gasteiger partial charge < -0.3 is 37.9 Å². The lowest BCUT2D eigenvalue weighted by atomic mass is 9.90. The largest absolute Gasteiger partial charge is 0.491 e. The molecule has 0 amide bonds. The molecule has 0 N–H and O–H groups in total. The van der Waals surface area contributed by atoms with Gasteiger partial charge >= 0.3 is 17.8 Å². The summed E-state index contributed by atoms with van der Waals surface area (Å²) in [6, 6.07) is 13.6. The van der Waals surface area contributed by atoms with Crippen molar-refractivity contribution in [1.82, 2.24) is 0 Å². The maximum absolute atomic E-state index is 16.1. The molecule has 2 aromatic carbocycles. The molecular formula is C43H50F6O8S2. The van der Waals surface area contributed by atoms with Crippen LogP contribution in [0.15, 0.2) is 48.5 Å². The molecule has 0 radical (unpaired) electrons. The molecule has 5 rings (SSSR count). The maximum atomic E-state index is 16.1. The molecule has 0 saturated heterocycles. The third kappa shape index (κ3) is 10.4. The molecule has 0 unspecified atom stereocenters. The first kappa shape index (κ1) is 46.6. The Hall–Kier alpha value is -3.48. The molecule has 0 spiro atoms. The van der Waals surface area contributed by atoms with E-state index in [-0.39, 0.29) is 45.2 Å². The number of hydrogen-bond acceptors (Lipinski definition) is 10. The molecule has 2 heterocycles. The van der Waals surface area contributed by atoms with E-state index in [0.717, 1.165) is 22.7 Å². The third-order valence-corrected chi connectivity index (χ3v) is 12.2. The average molecular weight is 873 g/mol. The van der Waals surface area contributed by atoms with E-state index in [4.69, 9.17) is 37.9 Å². The van der Waals surface area contributed by atoms with Gasteiger partial charge in [0.15, 0.2) is 0 Å². The molecule has 324 valence electrons. The predicted octanol–water partition coefficient (Wildman–Crippen LogP) is 10.3. The number of benzene rings is 2. The van der Waals surface area contributed by atoms with Crippen molar-refractivity contribution in [3.8, 4) is 32.4 Å². The van der Waals surface area contributed by atoms with Crippen LogP contribution in [0.25, 0.3) is 32.0 Å². The van der Waals surface area contributed by atoms with Crippen molar-refractivity contribution in [2.24, 2.45) is 0 Å². The highest BCUT2D eigenvalue weighted by atomic mass is 32.1. The Labute approximate surface area is 348 Å². The van der Waals surface area contributed by atoms with Crippen LogP contribution in [-0.2, 0) is 28.4 Å². The number of ether oxygens (including phenoxy) is 8. The van der Waals surface area contributed by atoms with Gasteiger partial charge in [0.2, 0.25) is 0 Å². The lowest BCUT2D eigenvalue weighted by Crippen LogP contribution is -2.49.